The second kappa shape index (κ2) is 6.82. The lowest BCUT2D eigenvalue weighted by molar-refractivity contribution is 0.0697. The quantitative estimate of drug-likeness (QED) is 0.932. The third kappa shape index (κ3) is 3.70. The van der Waals surface area contributed by atoms with Crippen molar-refractivity contribution in [1.29, 1.82) is 0 Å². The molecule has 2 heterocycles. The van der Waals surface area contributed by atoms with Crippen molar-refractivity contribution < 1.29 is 4.79 Å². The van der Waals surface area contributed by atoms with Crippen molar-refractivity contribution in [3.8, 4) is 0 Å². The number of hydrogen-bond donors (Lipinski definition) is 1. The van der Waals surface area contributed by atoms with Crippen LogP contribution in [0.4, 0.5) is 11.4 Å². The molecule has 1 aromatic carbocycles. The molecule has 0 spiro atoms. The molecular weight excluding hydrogens is 286 g/mol. The van der Waals surface area contributed by atoms with E-state index in [9.17, 15) is 4.79 Å². The number of benzene rings is 1. The molecule has 1 aliphatic rings. The number of nitrogens with one attached hydrogen (secondary N) is 1. The van der Waals surface area contributed by atoms with Crippen molar-refractivity contribution in [3.63, 3.8) is 0 Å². The third-order valence-electron chi connectivity index (χ3n) is 4.48. The monoisotopic (exact) mass is 309 g/mol. The van der Waals surface area contributed by atoms with Gasteiger partial charge in [-0.1, -0.05) is 25.1 Å². The first-order valence-electron chi connectivity index (χ1n) is 8.20. The van der Waals surface area contributed by atoms with Crippen LogP contribution in [0.3, 0.4) is 0 Å². The van der Waals surface area contributed by atoms with Crippen molar-refractivity contribution >= 4 is 17.3 Å². The van der Waals surface area contributed by atoms with E-state index >= 15 is 0 Å². The highest BCUT2D eigenvalue weighted by Gasteiger charge is 2.21. The molecule has 1 N–H and O–H groups in total. The summed E-state index contributed by atoms with van der Waals surface area (Å²) < 4.78 is 0. The number of piperidine rings is 1. The maximum absolute atomic E-state index is 12.6. The van der Waals surface area contributed by atoms with Crippen LogP contribution in [0.1, 0.15) is 35.7 Å². The average molecular weight is 309 g/mol. The number of nitrogens with zero attached hydrogens (tertiary/aromatic N) is 2. The predicted molar refractivity (Wildman–Crippen MR) is 93.0 cm³/mol. The summed E-state index contributed by atoms with van der Waals surface area (Å²) in [7, 11) is 0. The molecule has 2 aromatic rings. The van der Waals surface area contributed by atoms with Crippen LogP contribution in [-0.2, 0) is 0 Å². The minimum atomic E-state index is 0.0813. The number of carbonyl (C=O) groups is 1. The van der Waals surface area contributed by atoms with E-state index in [-0.39, 0.29) is 5.91 Å². The van der Waals surface area contributed by atoms with Gasteiger partial charge in [-0.3, -0.25) is 9.78 Å². The zero-order valence-corrected chi connectivity index (χ0v) is 13.7. The summed E-state index contributed by atoms with van der Waals surface area (Å²) in [6.07, 6.45) is 5.57. The predicted octanol–water partition coefficient (Wildman–Crippen LogP) is 4.01. The summed E-state index contributed by atoms with van der Waals surface area (Å²) in [6, 6.07) is 9.97. The van der Waals surface area contributed by atoms with Gasteiger partial charge >= 0.3 is 0 Å². The lowest BCUT2D eigenvalue weighted by Crippen LogP contribution is -2.37. The Hall–Kier alpha value is -2.36. The van der Waals surface area contributed by atoms with Crippen molar-refractivity contribution in [3.05, 3.63) is 53.9 Å². The highest BCUT2D eigenvalue weighted by atomic mass is 16.2. The van der Waals surface area contributed by atoms with Gasteiger partial charge in [-0.05, 0) is 43.4 Å². The number of aryl methyl sites for hydroxylation is 1. The molecule has 0 unspecified atom stereocenters. The SMILES string of the molecule is Cc1ccccc1Nc1cncc(C(=O)N2CCC(C)CC2)c1. The first-order chi connectivity index (χ1) is 11.1. The van der Waals surface area contributed by atoms with Gasteiger partial charge in [0.1, 0.15) is 0 Å². The normalized spacial score (nSPS) is 15.5. The maximum atomic E-state index is 12.6. The van der Waals surface area contributed by atoms with Crippen LogP contribution in [0.15, 0.2) is 42.7 Å². The summed E-state index contributed by atoms with van der Waals surface area (Å²) in [6.45, 7) is 5.99. The summed E-state index contributed by atoms with van der Waals surface area (Å²) >= 11 is 0. The molecule has 4 heteroatoms. The molecular formula is C19H23N3O. The van der Waals surface area contributed by atoms with Crippen LogP contribution >= 0.6 is 0 Å². The second-order valence-electron chi connectivity index (χ2n) is 6.38. The molecule has 3 rings (SSSR count). The zero-order valence-electron chi connectivity index (χ0n) is 13.7. The van der Waals surface area contributed by atoms with Gasteiger partial charge in [-0.2, -0.15) is 0 Å². The molecule has 0 bridgehead atoms. The Morgan fingerprint density at radius 2 is 1.96 bits per heavy atom. The Kier molecular flexibility index (Phi) is 4.60. The van der Waals surface area contributed by atoms with Crippen molar-refractivity contribution in [2.75, 3.05) is 18.4 Å². The van der Waals surface area contributed by atoms with Gasteiger partial charge in [0.25, 0.3) is 5.91 Å². The molecule has 0 atom stereocenters. The van der Waals surface area contributed by atoms with Crippen LogP contribution in [0.2, 0.25) is 0 Å². The summed E-state index contributed by atoms with van der Waals surface area (Å²) in [5.41, 5.74) is 3.69. The fraction of sp³-hybridized carbons (Fsp3) is 0.368. The summed E-state index contributed by atoms with van der Waals surface area (Å²) in [5.74, 6) is 0.795. The van der Waals surface area contributed by atoms with E-state index in [4.69, 9.17) is 0 Å². The molecule has 1 fully saturated rings. The largest absolute Gasteiger partial charge is 0.354 e. The van der Waals surface area contributed by atoms with Gasteiger partial charge in [0.15, 0.2) is 0 Å². The van der Waals surface area contributed by atoms with Gasteiger partial charge in [0.2, 0.25) is 0 Å². The lowest BCUT2D eigenvalue weighted by atomic mass is 9.99. The van der Waals surface area contributed by atoms with Gasteiger partial charge in [0.05, 0.1) is 17.4 Å². The molecule has 120 valence electrons. The van der Waals surface area contributed by atoms with Gasteiger partial charge in [0, 0.05) is 25.0 Å². The highest BCUT2D eigenvalue weighted by molar-refractivity contribution is 5.95. The molecule has 4 nitrogen and oxygen atoms in total. The molecule has 0 radical (unpaired) electrons. The number of carbonyl (C=O) groups excluding carboxylic acids is 1. The highest BCUT2D eigenvalue weighted by Crippen LogP contribution is 2.22. The Morgan fingerprint density at radius 3 is 2.70 bits per heavy atom. The average Bonchev–Trinajstić information content (AvgIpc) is 2.57. The number of para-hydroxylation sites is 1. The standard InChI is InChI=1S/C19H23N3O/c1-14-7-9-22(10-8-14)19(23)16-11-17(13-20-12-16)21-18-6-4-3-5-15(18)2/h3-6,11-14,21H,7-10H2,1-2H3. The number of anilines is 2. The second-order valence-corrected chi connectivity index (χ2v) is 6.38. The van der Waals surface area contributed by atoms with E-state index < -0.39 is 0 Å². The van der Waals surface area contributed by atoms with Gasteiger partial charge in [-0.15, -0.1) is 0 Å². The van der Waals surface area contributed by atoms with Crippen LogP contribution in [0, 0.1) is 12.8 Å². The van der Waals surface area contributed by atoms with Crippen LogP contribution in [0.5, 0.6) is 0 Å². The maximum Gasteiger partial charge on any atom is 0.255 e. The summed E-state index contributed by atoms with van der Waals surface area (Å²) in [4.78, 5) is 18.8. The minimum Gasteiger partial charge on any atom is -0.354 e. The molecule has 1 saturated heterocycles. The molecule has 1 aromatic heterocycles. The Morgan fingerprint density at radius 1 is 1.22 bits per heavy atom. The van der Waals surface area contributed by atoms with Crippen molar-refractivity contribution in [2.45, 2.75) is 26.7 Å². The third-order valence-corrected chi connectivity index (χ3v) is 4.48. The van der Waals surface area contributed by atoms with E-state index in [1.165, 1.54) is 0 Å². The minimum absolute atomic E-state index is 0.0813. The number of rotatable bonds is 3. The number of aromatic nitrogens is 1. The fourth-order valence-corrected chi connectivity index (χ4v) is 2.89. The molecule has 23 heavy (non-hydrogen) atoms. The van der Waals surface area contributed by atoms with Crippen LogP contribution < -0.4 is 5.32 Å². The number of likely N-dealkylation sites (tertiary alicyclic amines) is 1. The Balaban J connectivity index is 1.75. The molecule has 0 saturated carbocycles. The van der Waals surface area contributed by atoms with E-state index in [2.05, 4.69) is 30.2 Å². The molecule has 1 amide bonds. The topological polar surface area (TPSA) is 45.2 Å². The smallest absolute Gasteiger partial charge is 0.255 e. The van der Waals surface area contributed by atoms with Crippen LogP contribution in [-0.4, -0.2) is 28.9 Å². The molecule has 1 aliphatic heterocycles. The first-order valence-corrected chi connectivity index (χ1v) is 8.20. The first kappa shape index (κ1) is 15.5. The van der Waals surface area contributed by atoms with E-state index in [1.54, 1.807) is 12.4 Å². The van der Waals surface area contributed by atoms with Crippen molar-refractivity contribution in [2.24, 2.45) is 5.92 Å². The van der Waals surface area contributed by atoms with E-state index in [0.29, 0.717) is 11.5 Å². The number of pyridine rings is 1. The number of hydrogen-bond acceptors (Lipinski definition) is 3. The van der Waals surface area contributed by atoms with Gasteiger partial charge < -0.3 is 10.2 Å². The zero-order chi connectivity index (χ0) is 16.2. The van der Waals surface area contributed by atoms with Crippen LogP contribution in [0.25, 0.3) is 0 Å². The van der Waals surface area contributed by atoms with Crippen molar-refractivity contribution in [1.82, 2.24) is 9.88 Å². The number of amides is 1. The van der Waals surface area contributed by atoms with E-state index in [1.807, 2.05) is 29.2 Å². The fourth-order valence-electron chi connectivity index (χ4n) is 2.89. The van der Waals surface area contributed by atoms with E-state index in [0.717, 1.165) is 42.9 Å². The Labute approximate surface area is 137 Å². The Bertz CT molecular complexity index is 691. The summed E-state index contributed by atoms with van der Waals surface area (Å²) in [5, 5.41) is 3.34. The van der Waals surface area contributed by atoms with Gasteiger partial charge in [-0.25, -0.2) is 0 Å². The lowest BCUT2D eigenvalue weighted by Gasteiger charge is -2.30. The molecule has 0 aliphatic carbocycles.